The van der Waals surface area contributed by atoms with E-state index in [2.05, 4.69) is 17.0 Å². The number of anilines is 1. The number of benzene rings is 2. The third kappa shape index (κ3) is 5.70. The number of carbonyl (C=O) groups excluding carboxylic acids is 2. The van der Waals surface area contributed by atoms with Crippen LogP contribution in [0.25, 0.3) is 0 Å². The van der Waals surface area contributed by atoms with Crippen LogP contribution in [-0.4, -0.2) is 58.4 Å². The summed E-state index contributed by atoms with van der Waals surface area (Å²) < 4.78 is 20.8. The summed E-state index contributed by atoms with van der Waals surface area (Å²) >= 11 is 0. The minimum absolute atomic E-state index is 0.103. The molecule has 2 aromatic rings. The zero-order valence-electron chi connectivity index (χ0n) is 21.7. The fraction of sp³-hybridized carbons (Fsp3) is 0.310. The standard InChI is InChI=1S/C29H32N2O6/c1-34-25-17-21-13-16-30(19-22(21)18-26(25)35-2)15-12-20-8-10-23(11-9-20)31-14-6-5-7-24(28(32)36-3)27(31)29(33)37-4/h5-11,14,17-18H,12-13,15-16,19H2,1-4H3. The lowest BCUT2D eigenvalue weighted by molar-refractivity contribution is -0.139. The summed E-state index contributed by atoms with van der Waals surface area (Å²) in [5.74, 6) is 0.294. The van der Waals surface area contributed by atoms with Gasteiger partial charge in [-0.1, -0.05) is 18.2 Å². The summed E-state index contributed by atoms with van der Waals surface area (Å²) in [4.78, 5) is 29.1. The Bertz CT molecular complexity index is 1250. The molecule has 2 heterocycles. The first kappa shape index (κ1) is 26.0. The van der Waals surface area contributed by atoms with Crippen molar-refractivity contribution in [3.8, 4) is 11.5 Å². The van der Waals surface area contributed by atoms with Crippen LogP contribution in [0, 0.1) is 0 Å². The van der Waals surface area contributed by atoms with E-state index in [1.165, 1.54) is 30.9 Å². The molecule has 0 radical (unpaired) electrons. The van der Waals surface area contributed by atoms with Crippen LogP contribution in [0.4, 0.5) is 5.69 Å². The second-order valence-corrected chi connectivity index (χ2v) is 8.73. The normalized spacial score (nSPS) is 15.2. The number of hydrogen-bond acceptors (Lipinski definition) is 8. The summed E-state index contributed by atoms with van der Waals surface area (Å²) in [5.41, 5.74) is 4.71. The minimum Gasteiger partial charge on any atom is -0.493 e. The van der Waals surface area contributed by atoms with Crippen LogP contribution in [0.5, 0.6) is 11.5 Å². The quantitative estimate of drug-likeness (QED) is 0.503. The molecule has 4 rings (SSSR count). The molecule has 0 spiro atoms. The van der Waals surface area contributed by atoms with Crippen LogP contribution >= 0.6 is 0 Å². The van der Waals surface area contributed by atoms with Crippen LogP contribution in [0.3, 0.4) is 0 Å². The lowest BCUT2D eigenvalue weighted by atomic mass is 9.98. The third-order valence-electron chi connectivity index (χ3n) is 6.62. The van der Waals surface area contributed by atoms with Crippen molar-refractivity contribution in [3.05, 3.63) is 88.8 Å². The molecule has 0 fully saturated rings. The number of fused-ring (bicyclic) bond motifs is 1. The molecule has 0 aliphatic carbocycles. The zero-order valence-corrected chi connectivity index (χ0v) is 21.7. The first-order valence-electron chi connectivity index (χ1n) is 12.1. The Morgan fingerprint density at radius 2 is 1.54 bits per heavy atom. The number of hydrogen-bond donors (Lipinski definition) is 0. The van der Waals surface area contributed by atoms with Gasteiger partial charge in [0.15, 0.2) is 11.5 Å². The molecule has 194 valence electrons. The number of methoxy groups -OCH3 is 4. The minimum atomic E-state index is -0.625. The lowest BCUT2D eigenvalue weighted by Gasteiger charge is -2.29. The van der Waals surface area contributed by atoms with E-state index in [1.807, 2.05) is 24.3 Å². The van der Waals surface area contributed by atoms with E-state index in [1.54, 1.807) is 43.5 Å². The largest absolute Gasteiger partial charge is 0.493 e. The SMILES string of the molecule is COC(=O)C1=C(C(=O)OC)N(c2ccc(CCN3CCc4cc(OC)c(OC)cc4C3)cc2)C=CC=C1. The molecule has 8 nitrogen and oxygen atoms in total. The number of esters is 2. The summed E-state index contributed by atoms with van der Waals surface area (Å²) in [6.07, 6.45) is 8.56. The summed E-state index contributed by atoms with van der Waals surface area (Å²) in [6.45, 7) is 2.76. The molecule has 2 aromatic carbocycles. The average molecular weight is 505 g/mol. The van der Waals surface area contributed by atoms with Crippen molar-refractivity contribution in [1.29, 1.82) is 0 Å². The highest BCUT2D eigenvalue weighted by Gasteiger charge is 2.27. The van der Waals surface area contributed by atoms with Gasteiger partial charge in [-0.15, -0.1) is 0 Å². The van der Waals surface area contributed by atoms with Gasteiger partial charge in [0.1, 0.15) is 5.70 Å². The molecule has 0 atom stereocenters. The van der Waals surface area contributed by atoms with E-state index in [0.29, 0.717) is 0 Å². The van der Waals surface area contributed by atoms with E-state index >= 15 is 0 Å². The third-order valence-corrected chi connectivity index (χ3v) is 6.62. The molecule has 0 saturated carbocycles. The Morgan fingerprint density at radius 1 is 0.865 bits per heavy atom. The predicted molar refractivity (Wildman–Crippen MR) is 140 cm³/mol. The Labute approximate surface area is 217 Å². The van der Waals surface area contributed by atoms with Gasteiger partial charge in [-0.3, -0.25) is 4.90 Å². The van der Waals surface area contributed by atoms with Gasteiger partial charge in [-0.05, 0) is 65.9 Å². The molecule has 2 aliphatic heterocycles. The first-order chi connectivity index (χ1) is 18.0. The second-order valence-electron chi connectivity index (χ2n) is 8.73. The van der Waals surface area contributed by atoms with Gasteiger partial charge in [0.05, 0.1) is 34.0 Å². The van der Waals surface area contributed by atoms with Crippen molar-refractivity contribution >= 4 is 17.6 Å². The first-order valence-corrected chi connectivity index (χ1v) is 12.1. The number of rotatable bonds is 8. The number of allylic oxidation sites excluding steroid dienone is 2. The van der Waals surface area contributed by atoms with Crippen LogP contribution < -0.4 is 14.4 Å². The van der Waals surface area contributed by atoms with Gasteiger partial charge in [0.2, 0.25) is 0 Å². The number of carbonyl (C=O) groups is 2. The highest BCUT2D eigenvalue weighted by molar-refractivity contribution is 6.05. The molecule has 0 saturated heterocycles. The lowest BCUT2D eigenvalue weighted by Crippen LogP contribution is -2.32. The number of ether oxygens (including phenoxy) is 4. The molecule has 8 heteroatoms. The van der Waals surface area contributed by atoms with Crippen molar-refractivity contribution < 1.29 is 28.5 Å². The van der Waals surface area contributed by atoms with Gasteiger partial charge in [-0.2, -0.15) is 0 Å². The molecule has 0 aromatic heterocycles. The van der Waals surface area contributed by atoms with Crippen LogP contribution in [0.1, 0.15) is 16.7 Å². The zero-order chi connectivity index (χ0) is 26.4. The van der Waals surface area contributed by atoms with Crippen molar-refractivity contribution in [1.82, 2.24) is 4.90 Å². The second kappa shape index (κ2) is 11.8. The molecule has 37 heavy (non-hydrogen) atoms. The Morgan fingerprint density at radius 3 is 2.19 bits per heavy atom. The Kier molecular flexibility index (Phi) is 8.30. The smallest absolute Gasteiger partial charge is 0.355 e. The predicted octanol–water partition coefficient (Wildman–Crippen LogP) is 3.79. The van der Waals surface area contributed by atoms with Crippen LogP contribution in [-0.2, 0) is 38.4 Å². The fourth-order valence-electron chi connectivity index (χ4n) is 4.61. The molecule has 0 bridgehead atoms. The maximum atomic E-state index is 12.6. The van der Waals surface area contributed by atoms with Crippen molar-refractivity contribution in [2.24, 2.45) is 0 Å². The maximum Gasteiger partial charge on any atom is 0.355 e. The maximum absolute atomic E-state index is 12.6. The van der Waals surface area contributed by atoms with E-state index in [0.717, 1.165) is 49.7 Å². The van der Waals surface area contributed by atoms with Crippen molar-refractivity contribution in [3.63, 3.8) is 0 Å². The highest BCUT2D eigenvalue weighted by Crippen LogP contribution is 2.33. The summed E-state index contributed by atoms with van der Waals surface area (Å²) in [7, 11) is 5.89. The molecular weight excluding hydrogens is 472 g/mol. The van der Waals surface area contributed by atoms with E-state index < -0.39 is 11.9 Å². The molecular formula is C29H32N2O6. The molecule has 0 unspecified atom stereocenters. The van der Waals surface area contributed by atoms with Gasteiger partial charge in [0, 0.05) is 31.5 Å². The Balaban J connectivity index is 1.47. The molecule has 0 amide bonds. The van der Waals surface area contributed by atoms with Gasteiger partial charge >= 0.3 is 11.9 Å². The molecule has 0 N–H and O–H groups in total. The van der Waals surface area contributed by atoms with E-state index in [9.17, 15) is 9.59 Å². The molecule has 2 aliphatic rings. The highest BCUT2D eigenvalue weighted by atomic mass is 16.5. The van der Waals surface area contributed by atoms with Gasteiger partial charge < -0.3 is 23.8 Å². The van der Waals surface area contributed by atoms with Gasteiger partial charge in [-0.25, -0.2) is 9.59 Å². The van der Waals surface area contributed by atoms with Crippen molar-refractivity contribution in [2.45, 2.75) is 19.4 Å². The van der Waals surface area contributed by atoms with Crippen LogP contribution in [0.2, 0.25) is 0 Å². The van der Waals surface area contributed by atoms with E-state index in [4.69, 9.17) is 18.9 Å². The Hall–Kier alpha value is -4.04. The van der Waals surface area contributed by atoms with Crippen molar-refractivity contribution in [2.75, 3.05) is 46.4 Å². The average Bonchev–Trinajstić information content (AvgIpc) is 3.17. The summed E-state index contributed by atoms with van der Waals surface area (Å²) in [6, 6.07) is 12.1. The fourth-order valence-corrected chi connectivity index (χ4v) is 4.61. The van der Waals surface area contributed by atoms with Gasteiger partial charge in [0.25, 0.3) is 0 Å². The topological polar surface area (TPSA) is 77.5 Å². The summed E-state index contributed by atoms with van der Waals surface area (Å²) in [5, 5.41) is 0. The number of nitrogens with zero attached hydrogens (tertiary/aromatic N) is 2. The monoisotopic (exact) mass is 504 g/mol. The van der Waals surface area contributed by atoms with E-state index in [-0.39, 0.29) is 11.3 Å². The van der Waals surface area contributed by atoms with Crippen LogP contribution in [0.15, 0.2) is 72.1 Å².